The molecule has 0 bridgehead atoms. The van der Waals surface area contributed by atoms with Gasteiger partial charge in [-0.1, -0.05) is 29.7 Å². The van der Waals surface area contributed by atoms with Crippen molar-refractivity contribution in [1.29, 1.82) is 5.41 Å². The Balaban J connectivity index is 1.75. The standard InChI is InChI=1S/C16H16BN5O3S/c17-10-3-1-2-9(6-10)7-20-12(23)8-21-15(24)16(25)22-13-5-4-11(26-13)14(18)19/h1-6H,7-8H2,(H3,18,19)(H,20,23)(H,21,24)(H,22,25). The molecule has 1 aromatic carbocycles. The number of nitrogens with two attached hydrogens (primary N) is 1. The lowest BCUT2D eigenvalue weighted by molar-refractivity contribution is -0.136. The Labute approximate surface area is 155 Å². The summed E-state index contributed by atoms with van der Waals surface area (Å²) >= 11 is 1.07. The van der Waals surface area contributed by atoms with Crippen LogP contribution in [0.4, 0.5) is 5.00 Å². The number of amidine groups is 1. The SMILES string of the molecule is [B]c1cccc(CNC(=O)CNC(=O)C(=O)Nc2ccc(C(=N)N)s2)c1. The zero-order valence-electron chi connectivity index (χ0n) is 13.7. The molecular formula is C16H16BN5O3S. The molecule has 26 heavy (non-hydrogen) atoms. The van der Waals surface area contributed by atoms with Crippen LogP contribution in [0, 0.1) is 5.41 Å². The Bertz CT molecular complexity index is 852. The van der Waals surface area contributed by atoms with Crippen LogP contribution in [0.3, 0.4) is 0 Å². The molecule has 1 aromatic heterocycles. The van der Waals surface area contributed by atoms with Gasteiger partial charge in [0, 0.05) is 6.54 Å². The van der Waals surface area contributed by atoms with Crippen LogP contribution in [0.1, 0.15) is 10.4 Å². The van der Waals surface area contributed by atoms with Crippen molar-refractivity contribution in [2.75, 3.05) is 11.9 Å². The molecule has 2 radical (unpaired) electrons. The Hall–Kier alpha value is -3.14. The van der Waals surface area contributed by atoms with Crippen LogP contribution in [0.5, 0.6) is 0 Å². The van der Waals surface area contributed by atoms with Gasteiger partial charge in [0.05, 0.1) is 16.4 Å². The summed E-state index contributed by atoms with van der Waals surface area (Å²) in [7, 11) is 5.65. The van der Waals surface area contributed by atoms with Gasteiger partial charge in [-0.15, -0.1) is 11.3 Å². The molecule has 0 aliphatic rings. The van der Waals surface area contributed by atoms with Crippen LogP contribution in [-0.4, -0.2) is 37.9 Å². The quantitative estimate of drug-likeness (QED) is 0.197. The Morgan fingerprint density at radius 3 is 2.54 bits per heavy atom. The third-order valence-electron chi connectivity index (χ3n) is 3.16. The highest BCUT2D eigenvalue weighted by Crippen LogP contribution is 2.21. The van der Waals surface area contributed by atoms with Gasteiger partial charge in [-0.25, -0.2) is 0 Å². The molecule has 2 rings (SSSR count). The first-order chi connectivity index (χ1) is 12.3. The number of rotatable bonds is 6. The molecule has 132 valence electrons. The summed E-state index contributed by atoms with van der Waals surface area (Å²) in [5, 5.41) is 14.9. The third kappa shape index (κ3) is 5.74. The van der Waals surface area contributed by atoms with E-state index in [1.54, 1.807) is 30.3 Å². The number of anilines is 1. The topological polar surface area (TPSA) is 137 Å². The maximum absolute atomic E-state index is 11.8. The summed E-state index contributed by atoms with van der Waals surface area (Å²) in [5.41, 5.74) is 6.73. The second-order valence-electron chi connectivity index (χ2n) is 5.24. The van der Waals surface area contributed by atoms with Gasteiger partial charge in [-0.3, -0.25) is 19.8 Å². The summed E-state index contributed by atoms with van der Waals surface area (Å²) in [6.07, 6.45) is 0. The van der Waals surface area contributed by atoms with Gasteiger partial charge in [0.1, 0.15) is 13.7 Å². The first-order valence-corrected chi connectivity index (χ1v) is 8.31. The van der Waals surface area contributed by atoms with Crippen molar-refractivity contribution in [3.8, 4) is 0 Å². The van der Waals surface area contributed by atoms with Crippen molar-refractivity contribution in [2.24, 2.45) is 5.73 Å². The molecule has 0 unspecified atom stereocenters. The largest absolute Gasteiger partial charge is 0.383 e. The zero-order valence-corrected chi connectivity index (χ0v) is 14.5. The first-order valence-electron chi connectivity index (χ1n) is 7.49. The average molecular weight is 369 g/mol. The minimum Gasteiger partial charge on any atom is -0.383 e. The van der Waals surface area contributed by atoms with E-state index >= 15 is 0 Å². The number of nitrogen functional groups attached to an aromatic ring is 1. The van der Waals surface area contributed by atoms with E-state index in [0.717, 1.165) is 16.9 Å². The lowest BCUT2D eigenvalue weighted by Crippen LogP contribution is -2.41. The molecule has 1 heterocycles. The second-order valence-corrected chi connectivity index (χ2v) is 6.32. The molecule has 6 N–H and O–H groups in total. The summed E-state index contributed by atoms with van der Waals surface area (Å²) < 4.78 is 0. The molecule has 0 fully saturated rings. The fourth-order valence-electron chi connectivity index (χ4n) is 1.93. The third-order valence-corrected chi connectivity index (χ3v) is 4.20. The zero-order chi connectivity index (χ0) is 19.1. The number of carbonyl (C=O) groups excluding carboxylic acids is 3. The average Bonchev–Trinajstić information content (AvgIpc) is 3.06. The monoisotopic (exact) mass is 369 g/mol. The van der Waals surface area contributed by atoms with Gasteiger partial charge in [0.15, 0.2) is 0 Å². The second kappa shape index (κ2) is 8.81. The normalized spacial score (nSPS) is 10.0. The fraction of sp³-hybridized carbons (Fsp3) is 0.125. The maximum Gasteiger partial charge on any atom is 0.314 e. The van der Waals surface area contributed by atoms with Crippen LogP contribution < -0.4 is 27.1 Å². The number of hydrogen-bond donors (Lipinski definition) is 5. The fourth-order valence-corrected chi connectivity index (χ4v) is 2.69. The number of nitrogens with one attached hydrogen (secondary N) is 4. The molecule has 0 saturated heterocycles. The van der Waals surface area contributed by atoms with Crippen molar-refractivity contribution >= 4 is 53.2 Å². The Morgan fingerprint density at radius 1 is 1.12 bits per heavy atom. The van der Waals surface area contributed by atoms with E-state index < -0.39 is 17.7 Å². The number of benzene rings is 1. The van der Waals surface area contributed by atoms with E-state index in [0.29, 0.717) is 15.3 Å². The Kier molecular flexibility index (Phi) is 6.51. The van der Waals surface area contributed by atoms with Crippen LogP contribution in [-0.2, 0) is 20.9 Å². The van der Waals surface area contributed by atoms with E-state index in [9.17, 15) is 14.4 Å². The molecule has 3 amide bonds. The predicted octanol–water partition coefficient (Wildman–Crippen LogP) is -0.803. The predicted molar refractivity (Wildman–Crippen MR) is 101 cm³/mol. The minimum atomic E-state index is -0.943. The molecular weight excluding hydrogens is 353 g/mol. The van der Waals surface area contributed by atoms with E-state index in [-0.39, 0.29) is 18.9 Å². The molecule has 2 aromatic rings. The van der Waals surface area contributed by atoms with E-state index in [1.807, 2.05) is 0 Å². The van der Waals surface area contributed by atoms with Crippen molar-refractivity contribution in [3.05, 3.63) is 46.8 Å². The molecule has 0 spiro atoms. The highest BCUT2D eigenvalue weighted by Gasteiger charge is 2.16. The summed E-state index contributed by atoms with van der Waals surface area (Å²) in [4.78, 5) is 35.7. The van der Waals surface area contributed by atoms with Crippen molar-refractivity contribution in [1.82, 2.24) is 10.6 Å². The number of carbonyl (C=O) groups is 3. The number of hydrogen-bond acceptors (Lipinski definition) is 5. The number of thiophene rings is 1. The maximum atomic E-state index is 11.8. The van der Waals surface area contributed by atoms with Gasteiger partial charge in [0.2, 0.25) is 5.91 Å². The summed E-state index contributed by atoms with van der Waals surface area (Å²) in [6, 6.07) is 10.1. The number of amides is 3. The molecule has 0 saturated carbocycles. The highest BCUT2D eigenvalue weighted by atomic mass is 32.1. The van der Waals surface area contributed by atoms with Gasteiger partial charge in [-0.05, 0) is 17.7 Å². The lowest BCUT2D eigenvalue weighted by Gasteiger charge is -2.07. The Morgan fingerprint density at radius 2 is 1.88 bits per heavy atom. The van der Waals surface area contributed by atoms with Crippen LogP contribution in [0.15, 0.2) is 36.4 Å². The van der Waals surface area contributed by atoms with Gasteiger partial charge < -0.3 is 21.7 Å². The van der Waals surface area contributed by atoms with Gasteiger partial charge in [-0.2, -0.15) is 0 Å². The van der Waals surface area contributed by atoms with E-state index in [2.05, 4.69) is 16.0 Å². The van der Waals surface area contributed by atoms with Crippen LogP contribution in [0.2, 0.25) is 0 Å². The minimum absolute atomic E-state index is 0.128. The molecule has 8 nitrogen and oxygen atoms in total. The molecule has 0 atom stereocenters. The van der Waals surface area contributed by atoms with Crippen LogP contribution >= 0.6 is 11.3 Å². The van der Waals surface area contributed by atoms with Crippen LogP contribution in [0.25, 0.3) is 0 Å². The summed E-state index contributed by atoms with van der Waals surface area (Å²) in [5.74, 6) is -2.42. The van der Waals surface area contributed by atoms with E-state index in [1.165, 1.54) is 6.07 Å². The lowest BCUT2D eigenvalue weighted by atomic mass is 9.94. The summed E-state index contributed by atoms with van der Waals surface area (Å²) in [6.45, 7) is -0.0767. The van der Waals surface area contributed by atoms with Crippen molar-refractivity contribution in [3.63, 3.8) is 0 Å². The van der Waals surface area contributed by atoms with Crippen molar-refractivity contribution < 1.29 is 14.4 Å². The van der Waals surface area contributed by atoms with Crippen molar-refractivity contribution in [2.45, 2.75) is 6.54 Å². The smallest absolute Gasteiger partial charge is 0.314 e. The highest BCUT2D eigenvalue weighted by molar-refractivity contribution is 7.18. The first kappa shape index (κ1) is 19.2. The molecule has 10 heteroatoms. The van der Waals surface area contributed by atoms with Gasteiger partial charge in [0.25, 0.3) is 0 Å². The molecule has 0 aliphatic heterocycles. The van der Waals surface area contributed by atoms with Gasteiger partial charge >= 0.3 is 11.8 Å². The van der Waals surface area contributed by atoms with E-state index in [4.69, 9.17) is 19.0 Å². The molecule has 0 aliphatic carbocycles.